The molecule has 0 fully saturated rings. The largest absolute Gasteiger partial charge is 0.364 e. The SMILES string of the molecule is CN=C(NCCc1ccc(F)cc1C)NCc1ccc(N2CC=CC2)cc1.I. The van der Waals surface area contributed by atoms with Gasteiger partial charge in [-0.1, -0.05) is 30.4 Å². The van der Waals surface area contributed by atoms with Crippen molar-refractivity contribution in [3.8, 4) is 0 Å². The van der Waals surface area contributed by atoms with Crippen molar-refractivity contribution in [2.24, 2.45) is 4.99 Å². The van der Waals surface area contributed by atoms with E-state index in [0.717, 1.165) is 43.1 Å². The Kier molecular flexibility index (Phi) is 8.76. The van der Waals surface area contributed by atoms with E-state index in [1.807, 2.05) is 13.0 Å². The van der Waals surface area contributed by atoms with Crippen molar-refractivity contribution in [2.75, 3.05) is 31.6 Å². The monoisotopic (exact) mass is 494 g/mol. The average molecular weight is 494 g/mol. The Labute approximate surface area is 184 Å². The molecule has 2 aromatic carbocycles. The molecule has 150 valence electrons. The van der Waals surface area contributed by atoms with Crippen molar-refractivity contribution in [3.05, 3.63) is 77.1 Å². The summed E-state index contributed by atoms with van der Waals surface area (Å²) in [5.41, 5.74) is 4.59. The minimum atomic E-state index is -0.186. The van der Waals surface area contributed by atoms with E-state index in [4.69, 9.17) is 0 Å². The third kappa shape index (κ3) is 6.22. The lowest BCUT2D eigenvalue weighted by molar-refractivity contribution is 0.625. The average Bonchev–Trinajstić information content (AvgIpc) is 3.21. The van der Waals surface area contributed by atoms with Crippen molar-refractivity contribution in [2.45, 2.75) is 19.9 Å². The van der Waals surface area contributed by atoms with Crippen LogP contribution in [0, 0.1) is 12.7 Å². The topological polar surface area (TPSA) is 39.7 Å². The van der Waals surface area contributed by atoms with Crippen LogP contribution >= 0.6 is 24.0 Å². The highest BCUT2D eigenvalue weighted by atomic mass is 127. The molecule has 0 atom stereocenters. The van der Waals surface area contributed by atoms with Crippen molar-refractivity contribution in [1.82, 2.24) is 10.6 Å². The summed E-state index contributed by atoms with van der Waals surface area (Å²) in [7, 11) is 1.77. The second-order valence-corrected chi connectivity index (χ2v) is 6.72. The fourth-order valence-corrected chi connectivity index (χ4v) is 3.18. The Morgan fingerprint density at radius 2 is 1.79 bits per heavy atom. The van der Waals surface area contributed by atoms with Gasteiger partial charge < -0.3 is 15.5 Å². The number of aryl methyl sites for hydroxylation is 1. The molecule has 2 aromatic rings. The number of nitrogens with one attached hydrogen (secondary N) is 2. The molecule has 0 amide bonds. The summed E-state index contributed by atoms with van der Waals surface area (Å²) < 4.78 is 13.2. The van der Waals surface area contributed by atoms with Gasteiger partial charge in [-0.3, -0.25) is 4.99 Å². The molecule has 1 aliphatic heterocycles. The number of nitrogens with zero attached hydrogens (tertiary/aromatic N) is 2. The molecule has 28 heavy (non-hydrogen) atoms. The molecule has 0 spiro atoms. The van der Waals surface area contributed by atoms with Gasteiger partial charge in [0.05, 0.1) is 0 Å². The van der Waals surface area contributed by atoms with Crippen LogP contribution in [0.15, 0.2) is 59.6 Å². The predicted molar refractivity (Wildman–Crippen MR) is 126 cm³/mol. The van der Waals surface area contributed by atoms with Crippen LogP contribution in [0.3, 0.4) is 0 Å². The van der Waals surface area contributed by atoms with Crippen LogP contribution in [0.5, 0.6) is 0 Å². The van der Waals surface area contributed by atoms with Gasteiger partial charge in [-0.25, -0.2) is 4.39 Å². The second kappa shape index (κ2) is 11.0. The first-order chi connectivity index (χ1) is 13.2. The molecule has 0 saturated carbocycles. The highest BCUT2D eigenvalue weighted by molar-refractivity contribution is 14.0. The molecule has 1 aliphatic rings. The van der Waals surface area contributed by atoms with Gasteiger partial charge in [0.2, 0.25) is 0 Å². The molecule has 6 heteroatoms. The van der Waals surface area contributed by atoms with Crippen molar-refractivity contribution >= 4 is 35.6 Å². The number of hydrogen-bond acceptors (Lipinski definition) is 2. The molecule has 0 aromatic heterocycles. The summed E-state index contributed by atoms with van der Waals surface area (Å²) in [6.45, 7) is 5.37. The zero-order valence-corrected chi connectivity index (χ0v) is 18.7. The van der Waals surface area contributed by atoms with Gasteiger partial charge in [0.15, 0.2) is 5.96 Å². The number of rotatable bonds is 6. The summed E-state index contributed by atoms with van der Waals surface area (Å²) >= 11 is 0. The molecule has 1 heterocycles. The van der Waals surface area contributed by atoms with E-state index in [1.54, 1.807) is 13.1 Å². The summed E-state index contributed by atoms with van der Waals surface area (Å²) in [6, 6.07) is 13.6. The Bertz CT molecular complexity index is 810. The van der Waals surface area contributed by atoms with E-state index in [0.29, 0.717) is 6.54 Å². The van der Waals surface area contributed by atoms with Crippen molar-refractivity contribution in [1.29, 1.82) is 0 Å². The van der Waals surface area contributed by atoms with Crippen LogP contribution in [-0.4, -0.2) is 32.6 Å². The molecule has 0 bridgehead atoms. The molecule has 2 N–H and O–H groups in total. The highest BCUT2D eigenvalue weighted by Crippen LogP contribution is 2.17. The quantitative estimate of drug-likeness (QED) is 0.276. The number of anilines is 1. The van der Waals surface area contributed by atoms with Gasteiger partial charge in [-0.2, -0.15) is 0 Å². The maximum atomic E-state index is 13.2. The number of halogens is 2. The zero-order chi connectivity index (χ0) is 19.1. The molecule has 0 saturated heterocycles. The zero-order valence-electron chi connectivity index (χ0n) is 16.4. The molecule has 4 nitrogen and oxygen atoms in total. The summed E-state index contributed by atoms with van der Waals surface area (Å²) in [4.78, 5) is 6.60. The van der Waals surface area contributed by atoms with E-state index in [-0.39, 0.29) is 29.8 Å². The summed E-state index contributed by atoms with van der Waals surface area (Å²) in [5, 5.41) is 6.65. The number of guanidine groups is 1. The summed E-state index contributed by atoms with van der Waals surface area (Å²) in [5.74, 6) is 0.580. The van der Waals surface area contributed by atoms with Crippen LogP contribution in [0.4, 0.5) is 10.1 Å². The third-order valence-corrected chi connectivity index (χ3v) is 4.79. The van der Waals surface area contributed by atoms with E-state index in [1.165, 1.54) is 17.3 Å². The molecule has 0 radical (unpaired) electrons. The van der Waals surface area contributed by atoms with Crippen LogP contribution in [0.1, 0.15) is 16.7 Å². The normalized spacial score (nSPS) is 13.4. The van der Waals surface area contributed by atoms with Crippen molar-refractivity contribution in [3.63, 3.8) is 0 Å². The minimum Gasteiger partial charge on any atom is -0.364 e. The van der Waals surface area contributed by atoms with E-state index in [9.17, 15) is 4.39 Å². The molecule has 0 unspecified atom stereocenters. The second-order valence-electron chi connectivity index (χ2n) is 6.72. The first-order valence-electron chi connectivity index (χ1n) is 9.34. The van der Waals surface area contributed by atoms with Gasteiger partial charge in [-0.15, -0.1) is 24.0 Å². The lowest BCUT2D eigenvalue weighted by atomic mass is 10.1. The van der Waals surface area contributed by atoms with Gasteiger partial charge in [-0.05, 0) is 54.3 Å². The van der Waals surface area contributed by atoms with E-state index in [2.05, 4.69) is 56.9 Å². The van der Waals surface area contributed by atoms with E-state index < -0.39 is 0 Å². The predicted octanol–water partition coefficient (Wildman–Crippen LogP) is 4.04. The first kappa shape index (κ1) is 22.2. The maximum absolute atomic E-state index is 13.2. The minimum absolute atomic E-state index is 0. The van der Waals surface area contributed by atoms with Crippen LogP contribution in [-0.2, 0) is 13.0 Å². The summed E-state index contributed by atoms with van der Waals surface area (Å²) in [6.07, 6.45) is 5.21. The van der Waals surface area contributed by atoms with Crippen molar-refractivity contribution < 1.29 is 4.39 Å². The fourth-order valence-electron chi connectivity index (χ4n) is 3.18. The number of benzene rings is 2. The Balaban J connectivity index is 0.00000280. The maximum Gasteiger partial charge on any atom is 0.191 e. The molecule has 3 rings (SSSR count). The number of aliphatic imine (C=N–C) groups is 1. The first-order valence-corrected chi connectivity index (χ1v) is 9.34. The van der Waals surface area contributed by atoms with Crippen LogP contribution in [0.25, 0.3) is 0 Å². The highest BCUT2D eigenvalue weighted by Gasteiger charge is 2.07. The Hall–Kier alpha value is -2.09. The van der Waals surface area contributed by atoms with Crippen LogP contribution in [0.2, 0.25) is 0 Å². The molecular weight excluding hydrogens is 466 g/mol. The van der Waals surface area contributed by atoms with Gasteiger partial charge in [0.1, 0.15) is 5.82 Å². The lowest BCUT2D eigenvalue weighted by Gasteiger charge is -2.18. The fraction of sp³-hybridized carbons (Fsp3) is 0.318. The van der Waals surface area contributed by atoms with Gasteiger partial charge >= 0.3 is 0 Å². The van der Waals surface area contributed by atoms with Gasteiger partial charge in [0.25, 0.3) is 0 Å². The molecule has 0 aliphatic carbocycles. The standard InChI is InChI=1S/C22H27FN4.HI/c1-17-15-20(23)8-7-19(17)11-12-25-22(24-2)26-16-18-5-9-21(10-6-18)27-13-3-4-14-27;/h3-10,15H,11-14,16H2,1-2H3,(H2,24,25,26);1H. The van der Waals surface area contributed by atoms with E-state index >= 15 is 0 Å². The Morgan fingerprint density at radius 3 is 2.43 bits per heavy atom. The lowest BCUT2D eigenvalue weighted by Crippen LogP contribution is -2.37. The van der Waals surface area contributed by atoms with Gasteiger partial charge in [0, 0.05) is 38.9 Å². The molecular formula is C22H28FIN4. The number of hydrogen-bond donors (Lipinski definition) is 2. The smallest absolute Gasteiger partial charge is 0.191 e. The Morgan fingerprint density at radius 1 is 1.07 bits per heavy atom. The third-order valence-electron chi connectivity index (χ3n) is 4.79. The van der Waals surface area contributed by atoms with Crippen LogP contribution < -0.4 is 15.5 Å².